The lowest BCUT2D eigenvalue weighted by atomic mass is 9.77. The molecule has 0 saturated heterocycles. The third kappa shape index (κ3) is 3.46. The molecular formula is C19H24N2O. The molecule has 1 aromatic carbocycles. The highest BCUT2D eigenvalue weighted by Crippen LogP contribution is 2.37. The van der Waals surface area contributed by atoms with E-state index in [-0.39, 0.29) is 5.75 Å². The van der Waals surface area contributed by atoms with Crippen molar-refractivity contribution in [1.29, 1.82) is 0 Å². The Labute approximate surface area is 132 Å². The van der Waals surface area contributed by atoms with Crippen molar-refractivity contribution in [2.45, 2.75) is 51.4 Å². The maximum absolute atomic E-state index is 9.25. The van der Waals surface area contributed by atoms with Crippen molar-refractivity contribution in [3.63, 3.8) is 0 Å². The fraction of sp³-hybridized carbons (Fsp3) is 0.474. The summed E-state index contributed by atoms with van der Waals surface area (Å²) in [5.41, 5.74) is 2.45. The first-order chi connectivity index (χ1) is 10.8. The fourth-order valence-electron chi connectivity index (χ4n) is 3.57. The summed E-state index contributed by atoms with van der Waals surface area (Å²) in [4.78, 5) is 8.32. The summed E-state index contributed by atoms with van der Waals surface area (Å²) in [5.74, 6) is 2.43. The molecular weight excluding hydrogens is 272 g/mol. The van der Waals surface area contributed by atoms with Gasteiger partial charge in [0.1, 0.15) is 0 Å². The van der Waals surface area contributed by atoms with Crippen molar-refractivity contribution in [3.05, 3.63) is 42.2 Å². The van der Waals surface area contributed by atoms with Gasteiger partial charge in [-0.15, -0.1) is 0 Å². The zero-order valence-electron chi connectivity index (χ0n) is 13.2. The Morgan fingerprint density at radius 2 is 1.64 bits per heavy atom. The highest BCUT2D eigenvalue weighted by atomic mass is 16.3. The summed E-state index contributed by atoms with van der Waals surface area (Å²) >= 11 is 0. The molecule has 1 fully saturated rings. The topological polar surface area (TPSA) is 46.0 Å². The summed E-state index contributed by atoms with van der Waals surface area (Å²) < 4.78 is 0. The van der Waals surface area contributed by atoms with E-state index in [0.717, 1.165) is 11.5 Å². The lowest BCUT2D eigenvalue weighted by Crippen LogP contribution is -2.13. The van der Waals surface area contributed by atoms with Gasteiger partial charge in [-0.2, -0.15) is 0 Å². The fourth-order valence-corrected chi connectivity index (χ4v) is 3.57. The Kier molecular flexibility index (Phi) is 4.71. The molecule has 1 aromatic heterocycles. The van der Waals surface area contributed by atoms with Crippen LogP contribution in [-0.2, 0) is 0 Å². The highest BCUT2D eigenvalue weighted by Gasteiger charge is 2.21. The molecule has 0 bridgehead atoms. The second-order valence-corrected chi connectivity index (χ2v) is 6.39. The first-order valence-corrected chi connectivity index (χ1v) is 8.37. The second kappa shape index (κ2) is 6.91. The van der Waals surface area contributed by atoms with Crippen LogP contribution in [-0.4, -0.2) is 15.1 Å². The summed E-state index contributed by atoms with van der Waals surface area (Å²) in [6, 6.07) is 8.63. The van der Waals surface area contributed by atoms with Gasteiger partial charge in [-0.05, 0) is 43.1 Å². The summed E-state index contributed by atoms with van der Waals surface area (Å²) in [6.45, 7) is 2.29. The Balaban J connectivity index is 1.66. The SMILES string of the molecule is CCC[C@H]1CC[C@H](c2ccc(-c3ncc(O)cn3)cc2)CC1. The molecule has 116 valence electrons. The molecule has 1 heterocycles. The van der Waals surface area contributed by atoms with Gasteiger partial charge in [0.25, 0.3) is 0 Å². The van der Waals surface area contributed by atoms with Gasteiger partial charge in [-0.25, -0.2) is 9.97 Å². The Morgan fingerprint density at radius 1 is 1.00 bits per heavy atom. The molecule has 0 amide bonds. The number of nitrogens with zero attached hydrogens (tertiary/aromatic N) is 2. The Bertz CT molecular complexity index is 584. The lowest BCUT2D eigenvalue weighted by Gasteiger charge is -2.28. The molecule has 0 spiro atoms. The van der Waals surface area contributed by atoms with Gasteiger partial charge in [0.2, 0.25) is 0 Å². The van der Waals surface area contributed by atoms with Gasteiger partial charge < -0.3 is 5.11 Å². The van der Waals surface area contributed by atoms with Crippen molar-refractivity contribution in [3.8, 4) is 17.1 Å². The van der Waals surface area contributed by atoms with Crippen LogP contribution in [0.1, 0.15) is 56.9 Å². The molecule has 0 aliphatic heterocycles. The number of hydrogen-bond acceptors (Lipinski definition) is 3. The molecule has 3 nitrogen and oxygen atoms in total. The Hall–Kier alpha value is -1.90. The average molecular weight is 296 g/mol. The van der Waals surface area contributed by atoms with E-state index in [0.29, 0.717) is 11.7 Å². The minimum atomic E-state index is 0.101. The zero-order valence-corrected chi connectivity index (χ0v) is 13.2. The van der Waals surface area contributed by atoms with Crippen LogP contribution in [0.4, 0.5) is 0 Å². The molecule has 0 radical (unpaired) electrons. The van der Waals surface area contributed by atoms with Crippen molar-refractivity contribution >= 4 is 0 Å². The van der Waals surface area contributed by atoms with Gasteiger partial charge in [0, 0.05) is 5.56 Å². The van der Waals surface area contributed by atoms with Crippen LogP contribution in [0.15, 0.2) is 36.7 Å². The first kappa shape index (κ1) is 15.0. The van der Waals surface area contributed by atoms with Crippen LogP contribution in [0, 0.1) is 5.92 Å². The highest BCUT2D eigenvalue weighted by molar-refractivity contribution is 5.55. The third-order valence-corrected chi connectivity index (χ3v) is 4.82. The van der Waals surface area contributed by atoms with Gasteiger partial charge in [-0.3, -0.25) is 0 Å². The molecule has 1 saturated carbocycles. The van der Waals surface area contributed by atoms with Crippen LogP contribution in [0.3, 0.4) is 0 Å². The van der Waals surface area contributed by atoms with Crippen LogP contribution < -0.4 is 0 Å². The molecule has 2 aromatic rings. The molecule has 3 heteroatoms. The van der Waals surface area contributed by atoms with E-state index in [2.05, 4.69) is 41.2 Å². The number of aromatic hydroxyl groups is 1. The molecule has 0 atom stereocenters. The van der Waals surface area contributed by atoms with E-state index >= 15 is 0 Å². The molecule has 0 unspecified atom stereocenters. The van der Waals surface area contributed by atoms with Gasteiger partial charge in [0.15, 0.2) is 11.6 Å². The molecule has 1 aliphatic rings. The zero-order chi connectivity index (χ0) is 15.4. The summed E-state index contributed by atoms with van der Waals surface area (Å²) in [5, 5.41) is 9.25. The van der Waals surface area contributed by atoms with Crippen molar-refractivity contribution in [2.75, 3.05) is 0 Å². The first-order valence-electron chi connectivity index (χ1n) is 8.37. The molecule has 22 heavy (non-hydrogen) atoms. The minimum absolute atomic E-state index is 0.101. The van der Waals surface area contributed by atoms with Crippen molar-refractivity contribution in [2.24, 2.45) is 5.92 Å². The van der Waals surface area contributed by atoms with Gasteiger partial charge in [0.05, 0.1) is 12.4 Å². The maximum atomic E-state index is 9.25. The summed E-state index contributed by atoms with van der Waals surface area (Å²) in [7, 11) is 0. The lowest BCUT2D eigenvalue weighted by molar-refractivity contribution is 0.308. The van der Waals surface area contributed by atoms with Crippen molar-refractivity contribution in [1.82, 2.24) is 9.97 Å². The summed E-state index contributed by atoms with van der Waals surface area (Å²) in [6.07, 6.45) is 11.0. The molecule has 1 aliphatic carbocycles. The number of hydrogen-bond donors (Lipinski definition) is 1. The Morgan fingerprint density at radius 3 is 2.23 bits per heavy atom. The monoisotopic (exact) mass is 296 g/mol. The number of benzene rings is 1. The minimum Gasteiger partial charge on any atom is -0.505 e. The van der Waals surface area contributed by atoms with Gasteiger partial charge in [-0.1, -0.05) is 44.0 Å². The largest absolute Gasteiger partial charge is 0.505 e. The number of rotatable bonds is 4. The quantitative estimate of drug-likeness (QED) is 0.870. The smallest absolute Gasteiger partial charge is 0.159 e. The standard InChI is InChI=1S/C19H24N2O/c1-2-3-14-4-6-15(7-5-14)16-8-10-17(11-9-16)19-20-12-18(22)13-21-19/h8-15,22H,2-7H2,1H3/t14-,15-. The van der Waals surface area contributed by atoms with E-state index in [4.69, 9.17) is 0 Å². The maximum Gasteiger partial charge on any atom is 0.159 e. The normalized spacial score (nSPS) is 21.7. The number of aromatic nitrogens is 2. The predicted molar refractivity (Wildman–Crippen MR) is 88.7 cm³/mol. The van der Waals surface area contributed by atoms with E-state index < -0.39 is 0 Å². The third-order valence-electron chi connectivity index (χ3n) is 4.82. The van der Waals surface area contributed by atoms with Crippen LogP contribution in [0.2, 0.25) is 0 Å². The predicted octanol–water partition coefficient (Wildman–Crippen LogP) is 4.92. The van der Waals surface area contributed by atoms with Crippen LogP contribution >= 0.6 is 0 Å². The molecule has 1 N–H and O–H groups in total. The molecule has 3 rings (SSSR count). The van der Waals surface area contributed by atoms with Crippen LogP contribution in [0.5, 0.6) is 5.75 Å². The van der Waals surface area contributed by atoms with E-state index in [1.165, 1.54) is 56.5 Å². The van der Waals surface area contributed by atoms with E-state index in [9.17, 15) is 5.11 Å². The average Bonchev–Trinajstić information content (AvgIpc) is 2.57. The van der Waals surface area contributed by atoms with Crippen LogP contribution in [0.25, 0.3) is 11.4 Å². The van der Waals surface area contributed by atoms with E-state index in [1.54, 1.807) is 0 Å². The van der Waals surface area contributed by atoms with Gasteiger partial charge >= 0.3 is 0 Å². The van der Waals surface area contributed by atoms with E-state index in [1.807, 2.05) is 0 Å². The van der Waals surface area contributed by atoms with Crippen molar-refractivity contribution < 1.29 is 5.11 Å². The second-order valence-electron chi connectivity index (χ2n) is 6.39.